The summed E-state index contributed by atoms with van der Waals surface area (Å²) < 4.78 is 13.6. The first-order valence-corrected chi connectivity index (χ1v) is 5.57. The Bertz CT molecular complexity index is 447. The van der Waals surface area contributed by atoms with Crippen LogP contribution in [0.3, 0.4) is 0 Å². The Labute approximate surface area is 93.0 Å². The third kappa shape index (κ3) is 1.33. The molecule has 4 heteroatoms. The molecule has 0 saturated carbocycles. The zero-order valence-electron chi connectivity index (χ0n) is 8.79. The van der Waals surface area contributed by atoms with Crippen LogP contribution in [0.2, 0.25) is 0 Å². The fraction of sp³-hybridized carbons (Fsp3) is 0.417. The number of amides is 1. The van der Waals surface area contributed by atoms with Crippen molar-refractivity contribution in [2.75, 3.05) is 18.4 Å². The molecule has 3 rings (SSSR count). The molecular formula is C12H13FN2O. The molecule has 1 fully saturated rings. The highest BCUT2D eigenvalue weighted by atomic mass is 19.1. The zero-order valence-corrected chi connectivity index (χ0v) is 8.79. The molecule has 0 spiro atoms. The van der Waals surface area contributed by atoms with Crippen LogP contribution in [0, 0.1) is 11.7 Å². The van der Waals surface area contributed by atoms with E-state index in [4.69, 9.17) is 0 Å². The summed E-state index contributed by atoms with van der Waals surface area (Å²) in [6.45, 7) is 1.62. The highest BCUT2D eigenvalue weighted by Crippen LogP contribution is 2.39. The second kappa shape index (κ2) is 3.56. The van der Waals surface area contributed by atoms with Crippen LogP contribution in [-0.4, -0.2) is 19.0 Å². The van der Waals surface area contributed by atoms with Gasteiger partial charge in [0.1, 0.15) is 5.82 Å². The lowest BCUT2D eigenvalue weighted by molar-refractivity contribution is -0.121. The Hall–Kier alpha value is -1.42. The minimum absolute atomic E-state index is 0.00412. The topological polar surface area (TPSA) is 41.1 Å². The van der Waals surface area contributed by atoms with Crippen LogP contribution >= 0.6 is 0 Å². The maximum absolute atomic E-state index is 13.6. The summed E-state index contributed by atoms with van der Waals surface area (Å²) in [4.78, 5) is 11.8. The lowest BCUT2D eigenvalue weighted by atomic mass is 9.77. The molecule has 1 aromatic rings. The standard InChI is InChI=1S/C12H13FN2O/c13-10-3-1-2-7-9-6-14-5-4-8(9)12(16)15-11(7)10/h1-3,8-9,14H,4-6H2,(H,15,16). The third-order valence-electron chi connectivity index (χ3n) is 3.51. The van der Waals surface area contributed by atoms with E-state index in [2.05, 4.69) is 10.6 Å². The van der Waals surface area contributed by atoms with Gasteiger partial charge in [0.25, 0.3) is 0 Å². The van der Waals surface area contributed by atoms with Crippen molar-refractivity contribution in [3.05, 3.63) is 29.6 Å². The van der Waals surface area contributed by atoms with Gasteiger partial charge in [-0.05, 0) is 24.6 Å². The number of anilines is 1. The number of rotatable bonds is 0. The molecule has 16 heavy (non-hydrogen) atoms. The van der Waals surface area contributed by atoms with Crippen molar-refractivity contribution in [2.24, 2.45) is 5.92 Å². The molecule has 1 amide bonds. The van der Waals surface area contributed by atoms with Crippen LogP contribution in [0.4, 0.5) is 10.1 Å². The predicted octanol–water partition coefficient (Wildman–Crippen LogP) is 1.47. The van der Waals surface area contributed by atoms with Gasteiger partial charge in [-0.1, -0.05) is 12.1 Å². The van der Waals surface area contributed by atoms with Crippen LogP contribution in [-0.2, 0) is 4.79 Å². The van der Waals surface area contributed by atoms with Gasteiger partial charge in [0.2, 0.25) is 5.91 Å². The maximum Gasteiger partial charge on any atom is 0.228 e. The molecule has 0 radical (unpaired) electrons. The Morgan fingerprint density at radius 3 is 3.06 bits per heavy atom. The molecule has 2 atom stereocenters. The molecule has 84 valence electrons. The first kappa shape index (κ1) is 9.78. The van der Waals surface area contributed by atoms with Crippen LogP contribution in [0.5, 0.6) is 0 Å². The zero-order chi connectivity index (χ0) is 11.1. The van der Waals surface area contributed by atoms with E-state index in [1.807, 2.05) is 6.07 Å². The molecule has 3 nitrogen and oxygen atoms in total. The molecule has 0 bridgehead atoms. The summed E-state index contributed by atoms with van der Waals surface area (Å²) in [5, 5.41) is 5.95. The van der Waals surface area contributed by atoms with Gasteiger partial charge in [0.15, 0.2) is 0 Å². The minimum atomic E-state index is -0.338. The summed E-state index contributed by atoms with van der Waals surface area (Å²) >= 11 is 0. The molecular weight excluding hydrogens is 207 g/mol. The van der Waals surface area contributed by atoms with Crippen LogP contribution < -0.4 is 10.6 Å². The predicted molar refractivity (Wildman–Crippen MR) is 58.7 cm³/mol. The summed E-state index contributed by atoms with van der Waals surface area (Å²) in [6, 6.07) is 5.00. The highest BCUT2D eigenvalue weighted by molar-refractivity contribution is 5.96. The van der Waals surface area contributed by atoms with Crippen LogP contribution in [0.15, 0.2) is 18.2 Å². The lowest BCUT2D eigenvalue weighted by Gasteiger charge is -2.36. The van der Waals surface area contributed by atoms with Gasteiger partial charge in [-0.3, -0.25) is 4.79 Å². The Kier molecular flexibility index (Phi) is 2.17. The Morgan fingerprint density at radius 1 is 1.31 bits per heavy atom. The SMILES string of the molecule is O=C1Nc2c(F)cccc2C2CNCCC12. The van der Waals surface area contributed by atoms with Gasteiger partial charge >= 0.3 is 0 Å². The monoisotopic (exact) mass is 220 g/mol. The largest absolute Gasteiger partial charge is 0.323 e. The first-order chi connectivity index (χ1) is 7.77. The number of hydrogen-bond donors (Lipinski definition) is 2. The molecule has 2 aliphatic rings. The molecule has 1 saturated heterocycles. The quantitative estimate of drug-likeness (QED) is 0.695. The van der Waals surface area contributed by atoms with Gasteiger partial charge in [0, 0.05) is 18.4 Å². The van der Waals surface area contributed by atoms with Crippen molar-refractivity contribution in [1.82, 2.24) is 5.32 Å². The number of carbonyl (C=O) groups excluding carboxylic acids is 1. The number of halogens is 1. The molecule has 2 unspecified atom stereocenters. The summed E-state index contributed by atoms with van der Waals surface area (Å²) in [6.07, 6.45) is 0.826. The van der Waals surface area contributed by atoms with E-state index < -0.39 is 0 Å². The van der Waals surface area contributed by atoms with Crippen molar-refractivity contribution in [3.8, 4) is 0 Å². The van der Waals surface area contributed by atoms with Gasteiger partial charge in [0.05, 0.1) is 5.69 Å². The highest BCUT2D eigenvalue weighted by Gasteiger charge is 2.38. The fourth-order valence-corrected chi connectivity index (χ4v) is 2.70. The number of nitrogens with one attached hydrogen (secondary N) is 2. The van der Waals surface area contributed by atoms with Gasteiger partial charge in [-0.15, -0.1) is 0 Å². The minimum Gasteiger partial charge on any atom is -0.323 e. The molecule has 0 aliphatic carbocycles. The number of benzene rings is 1. The number of fused-ring (bicyclic) bond motifs is 3. The molecule has 1 aromatic carbocycles. The Morgan fingerprint density at radius 2 is 2.19 bits per heavy atom. The van der Waals surface area contributed by atoms with Crippen molar-refractivity contribution in [1.29, 1.82) is 0 Å². The summed E-state index contributed by atoms with van der Waals surface area (Å²) in [5.74, 6) is -0.261. The van der Waals surface area contributed by atoms with E-state index in [-0.39, 0.29) is 23.6 Å². The number of carbonyl (C=O) groups is 1. The maximum atomic E-state index is 13.6. The van der Waals surface area contributed by atoms with E-state index in [1.54, 1.807) is 6.07 Å². The van der Waals surface area contributed by atoms with Crippen molar-refractivity contribution in [2.45, 2.75) is 12.3 Å². The van der Waals surface area contributed by atoms with E-state index in [0.29, 0.717) is 5.69 Å². The number of piperidine rings is 1. The normalized spacial score (nSPS) is 27.9. The van der Waals surface area contributed by atoms with Crippen LogP contribution in [0.25, 0.3) is 0 Å². The number of para-hydroxylation sites is 1. The third-order valence-corrected chi connectivity index (χ3v) is 3.51. The average Bonchev–Trinajstić information content (AvgIpc) is 2.31. The van der Waals surface area contributed by atoms with E-state index >= 15 is 0 Å². The molecule has 2 aliphatic heterocycles. The Balaban J connectivity index is 2.10. The van der Waals surface area contributed by atoms with E-state index in [9.17, 15) is 9.18 Å². The first-order valence-electron chi connectivity index (χ1n) is 5.57. The van der Waals surface area contributed by atoms with Gasteiger partial charge in [-0.25, -0.2) is 4.39 Å². The van der Waals surface area contributed by atoms with E-state index in [1.165, 1.54) is 6.07 Å². The van der Waals surface area contributed by atoms with Crippen LogP contribution in [0.1, 0.15) is 17.9 Å². The van der Waals surface area contributed by atoms with Crippen molar-refractivity contribution >= 4 is 11.6 Å². The van der Waals surface area contributed by atoms with Gasteiger partial charge < -0.3 is 10.6 Å². The van der Waals surface area contributed by atoms with E-state index in [0.717, 1.165) is 25.1 Å². The number of hydrogen-bond acceptors (Lipinski definition) is 2. The smallest absolute Gasteiger partial charge is 0.228 e. The average molecular weight is 220 g/mol. The fourth-order valence-electron chi connectivity index (χ4n) is 2.70. The summed E-state index contributed by atoms with van der Waals surface area (Å²) in [5.41, 5.74) is 1.30. The molecule has 0 aromatic heterocycles. The van der Waals surface area contributed by atoms with Gasteiger partial charge in [-0.2, -0.15) is 0 Å². The summed E-state index contributed by atoms with van der Waals surface area (Å²) in [7, 11) is 0. The second-order valence-corrected chi connectivity index (χ2v) is 4.40. The van der Waals surface area contributed by atoms with Crippen molar-refractivity contribution < 1.29 is 9.18 Å². The van der Waals surface area contributed by atoms with Crippen molar-refractivity contribution in [3.63, 3.8) is 0 Å². The molecule has 2 heterocycles. The lowest BCUT2D eigenvalue weighted by Crippen LogP contribution is -2.44. The second-order valence-electron chi connectivity index (χ2n) is 4.40. The molecule has 2 N–H and O–H groups in total.